The lowest BCUT2D eigenvalue weighted by Gasteiger charge is -2.06. The van der Waals surface area contributed by atoms with Gasteiger partial charge in [0.2, 0.25) is 0 Å². The van der Waals surface area contributed by atoms with Gasteiger partial charge in [-0.15, -0.1) is 0 Å². The van der Waals surface area contributed by atoms with Crippen LogP contribution in [0.1, 0.15) is 11.1 Å². The highest BCUT2D eigenvalue weighted by atomic mass is 14.9. The molecule has 3 aromatic rings. The first kappa shape index (κ1) is 14.1. The fraction of sp³-hybridized carbons (Fsp3) is 0.0526. The highest BCUT2D eigenvalue weighted by Gasteiger charge is 2.09. The van der Waals surface area contributed by atoms with Gasteiger partial charge in [-0.1, -0.05) is 65.5 Å². The van der Waals surface area contributed by atoms with Crippen molar-refractivity contribution in [1.29, 1.82) is 5.26 Å². The first-order valence-electron chi connectivity index (χ1n) is 7.22. The van der Waals surface area contributed by atoms with E-state index in [9.17, 15) is 0 Å². The summed E-state index contributed by atoms with van der Waals surface area (Å²) in [5.74, 6) is 0. The summed E-state index contributed by atoms with van der Waals surface area (Å²) >= 11 is 0. The fourth-order valence-corrected chi connectivity index (χ4v) is 2.38. The quantitative estimate of drug-likeness (QED) is 0.527. The van der Waals surface area contributed by atoms with Crippen LogP contribution >= 0.6 is 0 Å². The van der Waals surface area contributed by atoms with Crippen molar-refractivity contribution in [3.8, 4) is 6.07 Å². The molecule has 0 aliphatic heterocycles. The van der Waals surface area contributed by atoms with Gasteiger partial charge in [0.25, 0.3) is 0 Å². The zero-order valence-electron chi connectivity index (χ0n) is 12.2. The van der Waals surface area contributed by atoms with Crippen LogP contribution in [0.5, 0.6) is 0 Å². The minimum Gasteiger partial charge on any atom is -0.201 e. The van der Waals surface area contributed by atoms with Crippen molar-refractivity contribution in [2.75, 3.05) is 0 Å². The molecule has 0 atom stereocenters. The second-order valence-corrected chi connectivity index (χ2v) is 5.12. The number of benzene rings is 2. The SMILES string of the molecule is N#Cc1cc[n+](Cc2ccccc2[B]c2ccccc2)cc1. The van der Waals surface area contributed by atoms with E-state index in [4.69, 9.17) is 5.26 Å². The summed E-state index contributed by atoms with van der Waals surface area (Å²) in [6.45, 7) is 0.783. The van der Waals surface area contributed by atoms with Gasteiger partial charge in [0.15, 0.2) is 26.2 Å². The predicted octanol–water partition coefficient (Wildman–Crippen LogP) is 1.55. The lowest BCUT2D eigenvalue weighted by atomic mass is 9.62. The largest absolute Gasteiger partial charge is 0.201 e. The number of pyridine rings is 1. The molecule has 0 amide bonds. The van der Waals surface area contributed by atoms with Gasteiger partial charge in [0.1, 0.15) is 0 Å². The van der Waals surface area contributed by atoms with E-state index in [0.717, 1.165) is 6.54 Å². The Morgan fingerprint density at radius 3 is 2.27 bits per heavy atom. The van der Waals surface area contributed by atoms with Crippen molar-refractivity contribution in [2.24, 2.45) is 0 Å². The monoisotopic (exact) mass is 282 g/mol. The number of hydrogen-bond donors (Lipinski definition) is 0. The van der Waals surface area contributed by atoms with Crippen LogP contribution in [0.4, 0.5) is 0 Å². The molecule has 0 bridgehead atoms. The van der Waals surface area contributed by atoms with E-state index in [1.54, 1.807) is 0 Å². The van der Waals surface area contributed by atoms with Crippen molar-refractivity contribution >= 4 is 18.2 Å². The van der Waals surface area contributed by atoms with E-state index < -0.39 is 0 Å². The Balaban J connectivity index is 1.83. The van der Waals surface area contributed by atoms with Gasteiger partial charge in [0.05, 0.1) is 11.6 Å². The first-order valence-corrected chi connectivity index (χ1v) is 7.22. The Hall–Kier alpha value is -2.86. The maximum atomic E-state index is 8.86. The molecule has 0 aliphatic rings. The van der Waals surface area contributed by atoms with Crippen molar-refractivity contribution < 1.29 is 4.57 Å². The number of aromatic nitrogens is 1. The number of nitrogens with zero attached hydrogens (tertiary/aromatic N) is 2. The van der Waals surface area contributed by atoms with Gasteiger partial charge < -0.3 is 0 Å². The molecular formula is C19H15BN2+. The molecule has 0 unspecified atom stereocenters. The summed E-state index contributed by atoms with van der Waals surface area (Å²) in [5.41, 5.74) is 4.34. The summed E-state index contributed by atoms with van der Waals surface area (Å²) in [4.78, 5) is 0. The normalized spacial score (nSPS) is 9.95. The standard InChI is InChI=1S/C19H15BN2/c21-14-16-10-12-22(13-11-16)15-17-6-4-5-9-19(17)20-18-7-2-1-3-8-18/h1-13H,15H2/q+1. The maximum Gasteiger partial charge on any atom is 0.192 e. The summed E-state index contributed by atoms with van der Waals surface area (Å²) < 4.78 is 2.08. The molecule has 103 valence electrons. The average Bonchev–Trinajstić information content (AvgIpc) is 2.58. The molecular weight excluding hydrogens is 267 g/mol. The van der Waals surface area contributed by atoms with Crippen LogP contribution < -0.4 is 15.5 Å². The zero-order chi connectivity index (χ0) is 15.2. The molecule has 0 aliphatic carbocycles. The van der Waals surface area contributed by atoms with Crippen LogP contribution in [-0.4, -0.2) is 7.28 Å². The van der Waals surface area contributed by atoms with Crippen LogP contribution in [0.25, 0.3) is 0 Å². The van der Waals surface area contributed by atoms with Crippen molar-refractivity contribution in [2.45, 2.75) is 6.54 Å². The molecule has 0 spiro atoms. The summed E-state index contributed by atoms with van der Waals surface area (Å²) in [6.07, 6.45) is 3.88. The lowest BCUT2D eigenvalue weighted by Crippen LogP contribution is -2.38. The summed E-state index contributed by atoms with van der Waals surface area (Å²) in [7, 11) is 2.19. The van der Waals surface area contributed by atoms with Crippen LogP contribution in [0.2, 0.25) is 0 Å². The summed E-state index contributed by atoms with van der Waals surface area (Å²) in [5, 5.41) is 8.86. The van der Waals surface area contributed by atoms with E-state index in [-0.39, 0.29) is 0 Å². The number of nitriles is 1. The van der Waals surface area contributed by atoms with Gasteiger partial charge in [-0.3, -0.25) is 0 Å². The molecule has 1 heterocycles. The van der Waals surface area contributed by atoms with Gasteiger partial charge >= 0.3 is 0 Å². The first-order chi connectivity index (χ1) is 10.8. The number of rotatable bonds is 4. The van der Waals surface area contributed by atoms with Gasteiger partial charge in [-0.2, -0.15) is 5.26 Å². The zero-order valence-corrected chi connectivity index (χ0v) is 12.2. The van der Waals surface area contributed by atoms with E-state index in [1.165, 1.54) is 16.5 Å². The molecule has 3 rings (SSSR count). The third-order valence-corrected chi connectivity index (χ3v) is 3.55. The van der Waals surface area contributed by atoms with Crippen molar-refractivity contribution in [3.63, 3.8) is 0 Å². The van der Waals surface area contributed by atoms with Crippen LogP contribution in [-0.2, 0) is 6.54 Å². The third-order valence-electron chi connectivity index (χ3n) is 3.55. The molecule has 2 nitrogen and oxygen atoms in total. The Kier molecular flexibility index (Phi) is 4.31. The molecule has 1 radical (unpaired) electrons. The molecule has 0 fully saturated rings. The molecule has 0 saturated carbocycles. The molecule has 2 aromatic carbocycles. The van der Waals surface area contributed by atoms with E-state index in [0.29, 0.717) is 5.56 Å². The van der Waals surface area contributed by atoms with E-state index >= 15 is 0 Å². The number of hydrogen-bond acceptors (Lipinski definition) is 1. The Labute approximate surface area is 131 Å². The van der Waals surface area contributed by atoms with E-state index in [2.05, 4.69) is 54.3 Å². The minimum atomic E-state index is 0.681. The van der Waals surface area contributed by atoms with Gasteiger partial charge in [-0.25, -0.2) is 4.57 Å². The smallest absolute Gasteiger partial charge is 0.192 e. The topological polar surface area (TPSA) is 27.7 Å². The van der Waals surface area contributed by atoms with Crippen LogP contribution in [0, 0.1) is 11.3 Å². The molecule has 3 heteroatoms. The lowest BCUT2D eigenvalue weighted by molar-refractivity contribution is -0.688. The predicted molar refractivity (Wildman–Crippen MR) is 88.4 cm³/mol. The van der Waals surface area contributed by atoms with Gasteiger partial charge in [-0.05, 0) is 0 Å². The molecule has 0 saturated heterocycles. The second-order valence-electron chi connectivity index (χ2n) is 5.12. The fourth-order valence-electron chi connectivity index (χ4n) is 2.38. The van der Waals surface area contributed by atoms with Crippen molar-refractivity contribution in [1.82, 2.24) is 0 Å². The van der Waals surface area contributed by atoms with Crippen molar-refractivity contribution in [3.05, 3.63) is 90.3 Å². The Bertz CT molecular complexity index is 790. The highest BCUT2D eigenvalue weighted by Crippen LogP contribution is 1.97. The average molecular weight is 282 g/mol. The van der Waals surface area contributed by atoms with Crippen LogP contribution in [0.15, 0.2) is 79.1 Å². The Morgan fingerprint density at radius 1 is 0.864 bits per heavy atom. The summed E-state index contributed by atoms with van der Waals surface area (Å²) in [6, 6.07) is 24.5. The molecule has 1 aromatic heterocycles. The van der Waals surface area contributed by atoms with Gasteiger partial charge in [0, 0.05) is 17.7 Å². The Morgan fingerprint density at radius 2 is 1.55 bits per heavy atom. The maximum absolute atomic E-state index is 8.86. The molecule has 0 N–H and O–H groups in total. The second kappa shape index (κ2) is 6.73. The third kappa shape index (κ3) is 3.42. The minimum absolute atomic E-state index is 0.681. The van der Waals surface area contributed by atoms with E-state index in [1.807, 2.05) is 42.7 Å². The molecule has 22 heavy (non-hydrogen) atoms. The highest BCUT2D eigenvalue weighted by molar-refractivity contribution is 6.67. The van der Waals surface area contributed by atoms with Crippen LogP contribution in [0.3, 0.4) is 0 Å².